The first-order valence-corrected chi connectivity index (χ1v) is 4.42. The van der Waals surface area contributed by atoms with Crippen LogP contribution in [-0.2, 0) is 0 Å². The van der Waals surface area contributed by atoms with Crippen molar-refractivity contribution in [1.29, 1.82) is 0 Å². The van der Waals surface area contributed by atoms with Crippen molar-refractivity contribution in [2.75, 3.05) is 6.61 Å². The topological polar surface area (TPSA) is 76.0 Å². The molecule has 0 radical (unpaired) electrons. The standard InChI is InChI=1S/C9H11BO5/c1-2-14-8-5-3-4-7(6-11)9(8)15-10(12)13/h3-6,12-13H,2H2,1H3. The number of ether oxygens (including phenoxy) is 1. The summed E-state index contributed by atoms with van der Waals surface area (Å²) in [5, 5.41) is 17.4. The maximum absolute atomic E-state index is 10.7. The molecule has 0 aromatic heterocycles. The first-order valence-electron chi connectivity index (χ1n) is 4.42. The van der Waals surface area contributed by atoms with Crippen molar-refractivity contribution in [2.45, 2.75) is 6.92 Å². The van der Waals surface area contributed by atoms with Crippen molar-refractivity contribution in [2.24, 2.45) is 0 Å². The minimum Gasteiger partial charge on any atom is -0.509 e. The van der Waals surface area contributed by atoms with Gasteiger partial charge in [0.2, 0.25) is 0 Å². The van der Waals surface area contributed by atoms with Gasteiger partial charge in [0.15, 0.2) is 17.8 Å². The number of hydrogen-bond acceptors (Lipinski definition) is 5. The summed E-state index contributed by atoms with van der Waals surface area (Å²) >= 11 is 0. The first kappa shape index (κ1) is 11.5. The predicted octanol–water partition coefficient (Wildman–Crippen LogP) is 0.246. The molecule has 1 rings (SSSR count). The van der Waals surface area contributed by atoms with E-state index in [9.17, 15) is 4.79 Å². The van der Waals surface area contributed by atoms with Crippen molar-refractivity contribution in [3.63, 3.8) is 0 Å². The Bertz CT molecular complexity index is 339. The molecule has 0 saturated heterocycles. The average molecular weight is 210 g/mol. The molecule has 0 amide bonds. The quantitative estimate of drug-likeness (QED) is 0.537. The van der Waals surface area contributed by atoms with Gasteiger partial charge in [-0.05, 0) is 19.1 Å². The lowest BCUT2D eigenvalue weighted by atomic mass is 10.1. The summed E-state index contributed by atoms with van der Waals surface area (Å²) in [6.45, 7) is 2.16. The van der Waals surface area contributed by atoms with Gasteiger partial charge in [-0.3, -0.25) is 4.79 Å². The smallest absolute Gasteiger partial charge is 0.509 e. The summed E-state index contributed by atoms with van der Waals surface area (Å²) in [6, 6.07) is 4.69. The highest BCUT2D eigenvalue weighted by Gasteiger charge is 2.18. The van der Waals surface area contributed by atoms with Crippen LogP contribution in [0.1, 0.15) is 17.3 Å². The van der Waals surface area contributed by atoms with Crippen LogP contribution in [-0.4, -0.2) is 30.3 Å². The zero-order valence-electron chi connectivity index (χ0n) is 8.21. The number of carbonyl (C=O) groups is 1. The van der Waals surface area contributed by atoms with Crippen LogP contribution in [0.25, 0.3) is 0 Å². The molecule has 0 heterocycles. The summed E-state index contributed by atoms with van der Waals surface area (Å²) in [5.74, 6) is 0.333. The number of hydrogen-bond donors (Lipinski definition) is 2. The van der Waals surface area contributed by atoms with E-state index in [0.717, 1.165) is 0 Å². The molecular weight excluding hydrogens is 199 g/mol. The number of aldehydes is 1. The minimum atomic E-state index is -1.98. The molecule has 1 aromatic rings. The molecule has 0 bridgehead atoms. The number of rotatable bonds is 5. The summed E-state index contributed by atoms with van der Waals surface area (Å²) in [5.41, 5.74) is 0.203. The lowest BCUT2D eigenvalue weighted by Crippen LogP contribution is -2.21. The number of benzene rings is 1. The molecule has 6 heteroatoms. The fourth-order valence-electron chi connectivity index (χ4n) is 1.13. The van der Waals surface area contributed by atoms with Gasteiger partial charge in [0.05, 0.1) is 12.2 Å². The van der Waals surface area contributed by atoms with E-state index in [2.05, 4.69) is 4.65 Å². The van der Waals surface area contributed by atoms with E-state index in [0.29, 0.717) is 18.6 Å². The van der Waals surface area contributed by atoms with Gasteiger partial charge in [0, 0.05) is 0 Å². The van der Waals surface area contributed by atoms with Crippen LogP contribution in [0, 0.1) is 0 Å². The molecule has 15 heavy (non-hydrogen) atoms. The zero-order chi connectivity index (χ0) is 11.3. The molecule has 2 N–H and O–H groups in total. The summed E-state index contributed by atoms with van der Waals surface area (Å²) in [7, 11) is -1.98. The van der Waals surface area contributed by atoms with Crippen LogP contribution in [0.5, 0.6) is 11.5 Å². The van der Waals surface area contributed by atoms with Crippen molar-refractivity contribution in [3.8, 4) is 11.5 Å². The van der Waals surface area contributed by atoms with E-state index in [1.165, 1.54) is 6.07 Å². The molecule has 0 aliphatic carbocycles. The van der Waals surface area contributed by atoms with Crippen LogP contribution < -0.4 is 9.39 Å². The van der Waals surface area contributed by atoms with E-state index in [1.807, 2.05) is 0 Å². The molecule has 80 valence electrons. The van der Waals surface area contributed by atoms with Crippen LogP contribution >= 0.6 is 0 Å². The highest BCUT2D eigenvalue weighted by molar-refractivity contribution is 6.34. The maximum atomic E-state index is 10.7. The first-order chi connectivity index (χ1) is 7.19. The fraction of sp³-hybridized carbons (Fsp3) is 0.222. The molecule has 1 aromatic carbocycles. The van der Waals surface area contributed by atoms with Crippen molar-refractivity contribution in [1.82, 2.24) is 0 Å². The summed E-state index contributed by atoms with van der Waals surface area (Å²) in [4.78, 5) is 10.7. The van der Waals surface area contributed by atoms with Gasteiger partial charge in [0.25, 0.3) is 0 Å². The normalized spacial score (nSPS) is 9.53. The zero-order valence-corrected chi connectivity index (χ0v) is 8.21. The average Bonchev–Trinajstić information content (AvgIpc) is 2.20. The monoisotopic (exact) mass is 210 g/mol. The third-order valence-corrected chi connectivity index (χ3v) is 1.66. The van der Waals surface area contributed by atoms with Crippen LogP contribution in [0.15, 0.2) is 18.2 Å². The Labute approximate surface area is 87.4 Å². The predicted molar refractivity (Wildman–Crippen MR) is 53.8 cm³/mol. The molecular formula is C9H11BO5. The maximum Gasteiger partial charge on any atom is 0.707 e. The van der Waals surface area contributed by atoms with Crippen LogP contribution in [0.3, 0.4) is 0 Å². The van der Waals surface area contributed by atoms with E-state index >= 15 is 0 Å². The van der Waals surface area contributed by atoms with Crippen LogP contribution in [0.2, 0.25) is 0 Å². The van der Waals surface area contributed by atoms with E-state index in [-0.39, 0.29) is 11.3 Å². The van der Waals surface area contributed by atoms with E-state index in [1.54, 1.807) is 19.1 Å². The Morgan fingerprint density at radius 2 is 2.20 bits per heavy atom. The lowest BCUT2D eigenvalue weighted by Gasteiger charge is -2.12. The van der Waals surface area contributed by atoms with Crippen molar-refractivity contribution >= 4 is 13.6 Å². The van der Waals surface area contributed by atoms with Crippen molar-refractivity contribution < 1.29 is 24.2 Å². The van der Waals surface area contributed by atoms with Gasteiger partial charge in [-0.25, -0.2) is 0 Å². The number of para-hydroxylation sites is 1. The Kier molecular flexibility index (Phi) is 4.14. The second-order valence-electron chi connectivity index (χ2n) is 2.67. The van der Waals surface area contributed by atoms with Gasteiger partial charge in [-0.2, -0.15) is 0 Å². The molecule has 0 atom stereocenters. The van der Waals surface area contributed by atoms with Crippen LogP contribution in [0.4, 0.5) is 0 Å². The Morgan fingerprint density at radius 1 is 1.47 bits per heavy atom. The second-order valence-corrected chi connectivity index (χ2v) is 2.67. The van der Waals surface area contributed by atoms with Gasteiger partial charge in [-0.1, -0.05) is 6.07 Å². The molecule has 0 spiro atoms. The largest absolute Gasteiger partial charge is 0.707 e. The number of carbonyl (C=O) groups excluding carboxylic acids is 1. The Morgan fingerprint density at radius 3 is 2.73 bits per heavy atom. The third kappa shape index (κ3) is 2.97. The van der Waals surface area contributed by atoms with Gasteiger partial charge >= 0.3 is 7.32 Å². The molecule has 0 unspecified atom stereocenters. The molecule has 0 fully saturated rings. The van der Waals surface area contributed by atoms with E-state index in [4.69, 9.17) is 14.8 Å². The SMILES string of the molecule is CCOc1cccc(C=O)c1OB(O)O. The second kappa shape index (κ2) is 5.38. The highest BCUT2D eigenvalue weighted by Crippen LogP contribution is 2.30. The summed E-state index contributed by atoms with van der Waals surface area (Å²) < 4.78 is 9.85. The van der Waals surface area contributed by atoms with Crippen molar-refractivity contribution in [3.05, 3.63) is 23.8 Å². The molecule has 5 nitrogen and oxygen atoms in total. The molecule has 0 aliphatic rings. The lowest BCUT2D eigenvalue weighted by molar-refractivity contribution is 0.112. The fourth-order valence-corrected chi connectivity index (χ4v) is 1.13. The highest BCUT2D eigenvalue weighted by atomic mass is 16.6. The summed E-state index contributed by atoms with van der Waals surface area (Å²) in [6.07, 6.45) is 0.556. The Balaban J connectivity index is 3.08. The van der Waals surface area contributed by atoms with Gasteiger partial charge < -0.3 is 19.4 Å². The van der Waals surface area contributed by atoms with E-state index < -0.39 is 7.32 Å². The Hall–Kier alpha value is -1.53. The van der Waals surface area contributed by atoms with Gasteiger partial charge in [-0.15, -0.1) is 0 Å². The van der Waals surface area contributed by atoms with Gasteiger partial charge in [0.1, 0.15) is 0 Å². The molecule has 0 saturated carbocycles. The minimum absolute atomic E-state index is 0.0318. The molecule has 0 aliphatic heterocycles. The third-order valence-electron chi connectivity index (χ3n) is 1.66.